The topological polar surface area (TPSA) is 3.24 Å². The van der Waals surface area contributed by atoms with Crippen molar-refractivity contribution in [2.75, 3.05) is 13.0 Å². The number of likely N-dealkylation sites (tertiary alicyclic amines) is 1. The van der Waals surface area contributed by atoms with Gasteiger partial charge in [0.1, 0.15) is 0 Å². The average molecular weight is 131 g/mol. The summed E-state index contributed by atoms with van der Waals surface area (Å²) < 4.78 is 30.7. The zero-order chi connectivity index (χ0) is 10.4. The monoisotopic (exact) mass is 131 g/mol. The molecule has 1 nitrogen and oxygen atoms in total. The van der Waals surface area contributed by atoms with Gasteiger partial charge in [0.05, 0.1) is 0 Å². The highest BCUT2D eigenvalue weighted by atomic mass is 15.2. The zero-order valence-corrected chi connectivity index (χ0v) is 6.31. The van der Waals surface area contributed by atoms with E-state index in [9.17, 15) is 0 Å². The summed E-state index contributed by atoms with van der Waals surface area (Å²) in [5.74, 6) is 0. The molecule has 1 heteroatoms. The Balaban J connectivity index is 2.96. The fraction of sp³-hybridized carbons (Fsp3) is 1.00. The second-order valence-electron chi connectivity index (χ2n) is 3.29. The maximum absolute atomic E-state index is 7.72. The normalized spacial score (nSPS) is 51.4. The molecule has 1 saturated heterocycles. The van der Waals surface area contributed by atoms with Crippen LogP contribution in [0.25, 0.3) is 0 Å². The van der Waals surface area contributed by atoms with E-state index in [-0.39, 0.29) is 5.54 Å². The molecule has 1 rings (SSSR count). The van der Waals surface area contributed by atoms with Gasteiger partial charge in [0.15, 0.2) is 0 Å². The third-order valence-corrected chi connectivity index (χ3v) is 1.36. The van der Waals surface area contributed by atoms with Crippen molar-refractivity contribution in [3.05, 3.63) is 0 Å². The fourth-order valence-corrected chi connectivity index (χ4v) is 0.829. The second-order valence-corrected chi connectivity index (χ2v) is 3.29. The summed E-state index contributed by atoms with van der Waals surface area (Å²) in [6.07, 6.45) is -0.501. The third-order valence-electron chi connectivity index (χ3n) is 1.36. The lowest BCUT2D eigenvalue weighted by Gasteiger charge is -2.31. The Bertz CT molecular complexity index is 199. The Labute approximate surface area is 63.7 Å². The van der Waals surface area contributed by atoms with Gasteiger partial charge in [-0.1, -0.05) is 0 Å². The molecule has 1 aliphatic heterocycles. The van der Waals surface area contributed by atoms with E-state index in [1.54, 1.807) is 0 Å². The predicted octanol–water partition coefficient (Wildman–Crippen LogP) is 1.88. The molecule has 1 heterocycles. The molecule has 0 aromatic carbocycles. The Morgan fingerprint density at radius 3 is 2.33 bits per heavy atom. The van der Waals surface area contributed by atoms with Crippen LogP contribution in [0, 0.1) is 0 Å². The van der Waals surface area contributed by atoms with Crippen LogP contribution in [0.2, 0.25) is 0 Å². The van der Waals surface area contributed by atoms with E-state index in [2.05, 4.69) is 0 Å². The first-order chi connectivity index (χ1) is 5.67. The van der Waals surface area contributed by atoms with Crippen molar-refractivity contribution in [1.82, 2.24) is 4.90 Å². The van der Waals surface area contributed by atoms with Gasteiger partial charge in [0.25, 0.3) is 0 Å². The summed E-state index contributed by atoms with van der Waals surface area (Å²) in [6, 6.07) is 0. The van der Waals surface area contributed by atoms with Gasteiger partial charge in [-0.2, -0.15) is 0 Å². The number of rotatable bonds is 0. The van der Waals surface area contributed by atoms with Gasteiger partial charge in [-0.15, -0.1) is 0 Å². The van der Waals surface area contributed by atoms with E-state index < -0.39 is 19.4 Å². The van der Waals surface area contributed by atoms with Gasteiger partial charge < -0.3 is 0 Å². The number of hydrogen-bond donors (Lipinski definition) is 0. The van der Waals surface area contributed by atoms with E-state index in [4.69, 9.17) is 5.48 Å². The van der Waals surface area contributed by atoms with Crippen molar-refractivity contribution in [2.45, 2.75) is 39.1 Å². The van der Waals surface area contributed by atoms with Crippen molar-refractivity contribution >= 4 is 0 Å². The molecule has 0 aromatic rings. The molecule has 2 unspecified atom stereocenters. The molecule has 1 fully saturated rings. The SMILES string of the molecule is [2H]C1CC([2H])C([2H])([2H])N1C(C)(C)C. The molecule has 9 heavy (non-hydrogen) atoms. The molecule has 2 atom stereocenters. The summed E-state index contributed by atoms with van der Waals surface area (Å²) in [5, 5.41) is 0. The van der Waals surface area contributed by atoms with Crippen molar-refractivity contribution in [3.63, 3.8) is 0 Å². The first-order valence-electron chi connectivity index (χ1n) is 5.47. The van der Waals surface area contributed by atoms with Gasteiger partial charge in [0, 0.05) is 11.0 Å². The van der Waals surface area contributed by atoms with E-state index in [0.29, 0.717) is 6.42 Å². The first kappa shape index (κ1) is 3.38. The van der Waals surface area contributed by atoms with E-state index >= 15 is 0 Å². The van der Waals surface area contributed by atoms with Crippen LogP contribution in [-0.4, -0.2) is 23.5 Å². The highest BCUT2D eigenvalue weighted by molar-refractivity contribution is 4.79. The van der Waals surface area contributed by atoms with Crippen molar-refractivity contribution in [2.24, 2.45) is 0 Å². The summed E-state index contributed by atoms with van der Waals surface area (Å²) in [6.45, 7) is 3.39. The molecule has 0 aromatic heterocycles. The molecular weight excluding hydrogens is 110 g/mol. The van der Waals surface area contributed by atoms with Crippen LogP contribution in [0.4, 0.5) is 0 Å². The zero-order valence-electron chi connectivity index (χ0n) is 10.3. The maximum Gasteiger partial charge on any atom is 0.0431 e. The van der Waals surface area contributed by atoms with Gasteiger partial charge in [-0.25, -0.2) is 0 Å². The second kappa shape index (κ2) is 2.30. The number of nitrogens with zero attached hydrogens (tertiary/aromatic N) is 1. The van der Waals surface area contributed by atoms with E-state index in [1.807, 2.05) is 20.8 Å². The van der Waals surface area contributed by atoms with Crippen LogP contribution in [0.5, 0.6) is 0 Å². The first-order valence-corrected chi connectivity index (χ1v) is 3.31. The van der Waals surface area contributed by atoms with Gasteiger partial charge in [-0.05, 0) is 46.6 Å². The molecule has 0 bridgehead atoms. The summed E-state index contributed by atoms with van der Waals surface area (Å²) >= 11 is 0. The lowest BCUT2D eigenvalue weighted by Crippen LogP contribution is -2.38. The van der Waals surface area contributed by atoms with Gasteiger partial charge >= 0.3 is 0 Å². The van der Waals surface area contributed by atoms with Gasteiger partial charge in [0.2, 0.25) is 0 Å². The van der Waals surface area contributed by atoms with Gasteiger partial charge in [-0.3, -0.25) is 4.90 Å². The van der Waals surface area contributed by atoms with Crippen LogP contribution < -0.4 is 0 Å². The highest BCUT2D eigenvalue weighted by Gasteiger charge is 2.23. The lowest BCUT2D eigenvalue weighted by atomic mass is 10.1. The standard InChI is InChI=1S/C8H17N/c1-8(2,3)9-6-4-5-7-9/h4-7H2,1-3H3/i4D,6D2,7D. The van der Waals surface area contributed by atoms with Crippen molar-refractivity contribution in [3.8, 4) is 0 Å². The molecular formula is C8H17N. The summed E-state index contributed by atoms with van der Waals surface area (Å²) in [7, 11) is 0. The van der Waals surface area contributed by atoms with Crippen LogP contribution in [-0.2, 0) is 0 Å². The largest absolute Gasteiger partial charge is 0.298 e. The predicted molar refractivity (Wildman–Crippen MR) is 40.6 cm³/mol. The molecule has 0 N–H and O–H groups in total. The Hall–Kier alpha value is -0.0400. The Kier molecular flexibility index (Phi) is 0.862. The van der Waals surface area contributed by atoms with E-state index in [0.717, 1.165) is 0 Å². The Morgan fingerprint density at radius 1 is 1.44 bits per heavy atom. The fourth-order valence-electron chi connectivity index (χ4n) is 0.829. The van der Waals surface area contributed by atoms with Crippen molar-refractivity contribution in [1.29, 1.82) is 0 Å². The van der Waals surface area contributed by atoms with Crippen LogP contribution in [0.3, 0.4) is 0 Å². The summed E-state index contributed by atoms with van der Waals surface area (Å²) in [4.78, 5) is 1.48. The third kappa shape index (κ3) is 1.68. The smallest absolute Gasteiger partial charge is 0.0431 e. The minimum Gasteiger partial charge on any atom is -0.298 e. The number of hydrogen-bond acceptors (Lipinski definition) is 1. The summed E-state index contributed by atoms with van der Waals surface area (Å²) in [5.41, 5.74) is -0.383. The van der Waals surface area contributed by atoms with Crippen LogP contribution in [0.1, 0.15) is 39.1 Å². The Morgan fingerprint density at radius 2 is 2.11 bits per heavy atom. The molecule has 54 valence electrons. The average Bonchev–Trinajstić information content (AvgIpc) is 1.99. The molecule has 0 spiro atoms. The molecule has 0 saturated carbocycles. The van der Waals surface area contributed by atoms with Crippen molar-refractivity contribution < 1.29 is 5.48 Å². The lowest BCUT2D eigenvalue weighted by molar-refractivity contribution is 0.175. The van der Waals surface area contributed by atoms with E-state index in [1.165, 1.54) is 4.90 Å². The van der Waals surface area contributed by atoms with Crippen LogP contribution >= 0.6 is 0 Å². The van der Waals surface area contributed by atoms with Crippen LogP contribution in [0.15, 0.2) is 0 Å². The molecule has 0 radical (unpaired) electrons. The molecule has 0 aliphatic carbocycles. The minimum atomic E-state index is -1.66. The molecule has 1 aliphatic rings. The minimum absolute atomic E-state index is 0.296. The quantitative estimate of drug-likeness (QED) is 0.485. The maximum atomic E-state index is 7.72. The highest BCUT2D eigenvalue weighted by Crippen LogP contribution is 2.19. The molecule has 0 amide bonds.